The molecular formula is C27H25ClFN5O. The number of benzene rings is 1. The Hall–Kier alpha value is -3.50. The number of rotatable bonds is 4. The van der Waals surface area contributed by atoms with E-state index >= 15 is 4.39 Å². The van der Waals surface area contributed by atoms with Crippen LogP contribution in [0.3, 0.4) is 0 Å². The Labute approximate surface area is 208 Å². The van der Waals surface area contributed by atoms with Gasteiger partial charge in [0.15, 0.2) is 0 Å². The smallest absolute Gasteiger partial charge is 0.223 e. The number of primary amides is 1. The number of halogens is 2. The van der Waals surface area contributed by atoms with Crippen LogP contribution in [0.2, 0.25) is 5.02 Å². The van der Waals surface area contributed by atoms with Crippen molar-refractivity contribution in [3.05, 3.63) is 64.2 Å². The monoisotopic (exact) mass is 489 g/mol. The fourth-order valence-electron chi connectivity index (χ4n) is 5.70. The fourth-order valence-corrected chi connectivity index (χ4v) is 6.14. The molecule has 1 spiro atoms. The van der Waals surface area contributed by atoms with Crippen LogP contribution in [0.5, 0.6) is 0 Å². The van der Waals surface area contributed by atoms with Crippen LogP contribution in [0.1, 0.15) is 42.9 Å². The number of pyridine rings is 2. The Balaban J connectivity index is 1.62. The second-order valence-corrected chi connectivity index (χ2v) is 10.3. The number of nitrogens with one attached hydrogen (secondary N) is 1. The minimum absolute atomic E-state index is 0.225. The molecule has 8 heteroatoms. The molecule has 5 rings (SSSR count). The van der Waals surface area contributed by atoms with Crippen molar-refractivity contribution in [2.24, 2.45) is 11.1 Å². The summed E-state index contributed by atoms with van der Waals surface area (Å²) in [5.74, 6) is -0.0942. The summed E-state index contributed by atoms with van der Waals surface area (Å²) in [5.41, 5.74) is 8.78. The molecule has 3 aromatic rings. The highest BCUT2D eigenvalue weighted by atomic mass is 35.5. The van der Waals surface area contributed by atoms with Crippen LogP contribution in [0.4, 0.5) is 10.2 Å². The van der Waals surface area contributed by atoms with E-state index in [1.807, 2.05) is 13.8 Å². The molecule has 1 aliphatic carbocycles. The number of amides is 1. The number of carbonyl (C=O) groups is 1. The van der Waals surface area contributed by atoms with E-state index in [4.69, 9.17) is 22.6 Å². The maximum atomic E-state index is 16.0. The molecular weight excluding hydrogens is 465 g/mol. The molecule has 178 valence electrons. The standard InChI is InChI=1S/C27H25ClFN5O/c1-15-16(6-10-30)7-11-32-23(15)18-5-3-4-17(22(18)29)19-12-33-24-20(21(19)28)27(14-34-24)9-8-26(2,13-27)25(31)35/h3-5,7,11-12H,6,8-9,13-14H2,1-2H3,(H2,31,35)(H,33,34)/t26-,27-/m0/s1. The summed E-state index contributed by atoms with van der Waals surface area (Å²) in [7, 11) is 0. The van der Waals surface area contributed by atoms with Gasteiger partial charge in [0, 0.05) is 52.0 Å². The van der Waals surface area contributed by atoms with Crippen molar-refractivity contribution in [1.82, 2.24) is 9.97 Å². The molecule has 3 N–H and O–H groups in total. The first-order chi connectivity index (χ1) is 16.7. The number of nitrogens with two attached hydrogens (primary N) is 1. The van der Waals surface area contributed by atoms with Gasteiger partial charge in [0.2, 0.25) is 5.91 Å². The summed E-state index contributed by atoms with van der Waals surface area (Å²) in [4.78, 5) is 21.1. The van der Waals surface area contributed by atoms with E-state index in [0.717, 1.165) is 23.1 Å². The lowest BCUT2D eigenvalue weighted by atomic mass is 9.76. The molecule has 1 amide bonds. The van der Waals surface area contributed by atoms with Gasteiger partial charge in [-0.2, -0.15) is 5.26 Å². The lowest BCUT2D eigenvalue weighted by Crippen LogP contribution is -2.35. The maximum Gasteiger partial charge on any atom is 0.223 e. The van der Waals surface area contributed by atoms with Crippen molar-refractivity contribution < 1.29 is 9.18 Å². The van der Waals surface area contributed by atoms with E-state index in [0.29, 0.717) is 52.6 Å². The summed E-state index contributed by atoms with van der Waals surface area (Å²) in [5, 5.41) is 12.9. The SMILES string of the molecule is Cc1c(CC#N)ccnc1-c1cccc(-c2cnc3c(c2Cl)[C@]2(CC[C@](C)(C(N)=O)C2)CN3)c1F. The Morgan fingerprint density at radius 1 is 1.26 bits per heavy atom. The number of anilines is 1. The highest BCUT2D eigenvalue weighted by Crippen LogP contribution is 2.57. The van der Waals surface area contributed by atoms with Crippen molar-refractivity contribution in [1.29, 1.82) is 5.26 Å². The molecule has 1 aromatic carbocycles. The molecule has 0 saturated heterocycles. The van der Waals surface area contributed by atoms with Gasteiger partial charge in [0.25, 0.3) is 0 Å². The molecule has 0 radical (unpaired) electrons. The molecule has 0 unspecified atom stereocenters. The largest absolute Gasteiger partial charge is 0.369 e. The van der Waals surface area contributed by atoms with Gasteiger partial charge in [-0.25, -0.2) is 9.37 Å². The van der Waals surface area contributed by atoms with Crippen LogP contribution in [0.25, 0.3) is 22.4 Å². The van der Waals surface area contributed by atoms with Crippen molar-refractivity contribution in [3.63, 3.8) is 0 Å². The van der Waals surface area contributed by atoms with E-state index in [1.165, 1.54) is 0 Å². The zero-order valence-corrected chi connectivity index (χ0v) is 20.3. The zero-order valence-electron chi connectivity index (χ0n) is 19.6. The second-order valence-electron chi connectivity index (χ2n) is 9.89. The summed E-state index contributed by atoms with van der Waals surface area (Å²) in [6.45, 7) is 4.35. The van der Waals surface area contributed by atoms with Gasteiger partial charge < -0.3 is 11.1 Å². The second kappa shape index (κ2) is 8.31. The van der Waals surface area contributed by atoms with Gasteiger partial charge in [0.05, 0.1) is 23.2 Å². The Kier molecular flexibility index (Phi) is 5.52. The minimum Gasteiger partial charge on any atom is -0.369 e. The zero-order chi connectivity index (χ0) is 25.0. The van der Waals surface area contributed by atoms with Crippen LogP contribution >= 0.6 is 11.6 Å². The first kappa shape index (κ1) is 23.3. The molecule has 2 aromatic heterocycles. The van der Waals surface area contributed by atoms with Crippen LogP contribution < -0.4 is 11.1 Å². The molecule has 2 aliphatic rings. The van der Waals surface area contributed by atoms with Gasteiger partial charge in [-0.3, -0.25) is 9.78 Å². The average Bonchev–Trinajstić information content (AvgIpc) is 3.37. The average molecular weight is 490 g/mol. The van der Waals surface area contributed by atoms with E-state index < -0.39 is 11.2 Å². The summed E-state index contributed by atoms with van der Waals surface area (Å²) >= 11 is 6.98. The molecule has 1 fully saturated rings. The van der Waals surface area contributed by atoms with E-state index in [-0.39, 0.29) is 17.7 Å². The van der Waals surface area contributed by atoms with E-state index in [1.54, 1.807) is 36.7 Å². The Morgan fingerprint density at radius 3 is 2.74 bits per heavy atom. The van der Waals surface area contributed by atoms with Crippen LogP contribution in [0.15, 0.2) is 36.7 Å². The van der Waals surface area contributed by atoms with Crippen molar-refractivity contribution in [2.45, 2.75) is 44.9 Å². The van der Waals surface area contributed by atoms with Crippen LogP contribution in [-0.4, -0.2) is 22.4 Å². The predicted molar refractivity (Wildman–Crippen MR) is 133 cm³/mol. The molecule has 1 aliphatic heterocycles. The van der Waals surface area contributed by atoms with Gasteiger partial charge >= 0.3 is 0 Å². The van der Waals surface area contributed by atoms with Crippen molar-refractivity contribution in [2.75, 3.05) is 11.9 Å². The third-order valence-electron chi connectivity index (χ3n) is 7.75. The van der Waals surface area contributed by atoms with E-state index in [2.05, 4.69) is 21.4 Å². The molecule has 35 heavy (non-hydrogen) atoms. The minimum atomic E-state index is -0.620. The fraction of sp³-hybridized carbons (Fsp3) is 0.333. The quantitative estimate of drug-likeness (QED) is 0.516. The number of nitriles is 1. The highest BCUT2D eigenvalue weighted by Gasteiger charge is 2.53. The first-order valence-corrected chi connectivity index (χ1v) is 11.9. The Bertz CT molecular complexity index is 1420. The van der Waals surface area contributed by atoms with E-state index in [9.17, 15) is 4.79 Å². The third kappa shape index (κ3) is 3.55. The highest BCUT2D eigenvalue weighted by molar-refractivity contribution is 6.34. The first-order valence-electron chi connectivity index (χ1n) is 11.5. The number of carbonyl (C=O) groups excluding carboxylic acids is 1. The van der Waals surface area contributed by atoms with Gasteiger partial charge in [0.1, 0.15) is 11.6 Å². The van der Waals surface area contributed by atoms with Gasteiger partial charge in [-0.05, 0) is 49.4 Å². The number of aromatic nitrogens is 2. The number of fused-ring (bicyclic) bond motifs is 2. The topological polar surface area (TPSA) is 105 Å². The molecule has 3 heterocycles. The molecule has 2 atom stereocenters. The van der Waals surface area contributed by atoms with Gasteiger partial charge in [-0.15, -0.1) is 0 Å². The normalized spacial score (nSPS) is 22.6. The third-order valence-corrected chi connectivity index (χ3v) is 8.14. The summed E-state index contributed by atoms with van der Waals surface area (Å²) < 4.78 is 16.0. The number of hydrogen-bond acceptors (Lipinski definition) is 5. The lowest BCUT2D eigenvalue weighted by Gasteiger charge is -2.27. The van der Waals surface area contributed by atoms with Crippen LogP contribution in [-0.2, 0) is 16.6 Å². The number of nitrogens with zero attached hydrogens (tertiary/aromatic N) is 3. The van der Waals surface area contributed by atoms with Gasteiger partial charge in [-0.1, -0.05) is 30.7 Å². The lowest BCUT2D eigenvalue weighted by molar-refractivity contribution is -0.126. The summed E-state index contributed by atoms with van der Waals surface area (Å²) in [6.07, 6.45) is 5.38. The number of hydrogen-bond donors (Lipinski definition) is 2. The maximum absolute atomic E-state index is 16.0. The molecule has 1 saturated carbocycles. The van der Waals surface area contributed by atoms with Crippen LogP contribution in [0, 0.1) is 29.5 Å². The van der Waals surface area contributed by atoms with Crippen molar-refractivity contribution in [3.8, 4) is 28.5 Å². The molecule has 6 nitrogen and oxygen atoms in total. The predicted octanol–water partition coefficient (Wildman–Crippen LogP) is 5.32. The summed E-state index contributed by atoms with van der Waals surface area (Å²) in [6, 6.07) is 9.04. The van der Waals surface area contributed by atoms with Crippen molar-refractivity contribution >= 4 is 23.3 Å². The Morgan fingerprint density at radius 2 is 2.03 bits per heavy atom. The molecule has 0 bridgehead atoms.